The maximum absolute atomic E-state index is 12.4. The summed E-state index contributed by atoms with van der Waals surface area (Å²) < 4.78 is 10.3. The van der Waals surface area contributed by atoms with Gasteiger partial charge in [-0.1, -0.05) is 18.2 Å². The predicted octanol–water partition coefficient (Wildman–Crippen LogP) is 2.42. The SMILES string of the molecule is CCOc1ccc(CC(=O)OCC(=O)NCCN2C(=O)S/C(=C\c3cccnc3)C2=O)cc1. The Morgan fingerprint density at radius 2 is 1.97 bits per heavy atom. The van der Waals surface area contributed by atoms with Crippen molar-refractivity contribution < 1.29 is 28.7 Å². The van der Waals surface area contributed by atoms with E-state index in [9.17, 15) is 19.2 Å². The van der Waals surface area contributed by atoms with E-state index in [-0.39, 0.29) is 19.5 Å². The number of pyridine rings is 1. The van der Waals surface area contributed by atoms with Crippen LogP contribution in [-0.2, 0) is 25.5 Å². The highest BCUT2D eigenvalue weighted by molar-refractivity contribution is 8.18. The third kappa shape index (κ3) is 7.18. The molecule has 0 unspecified atom stereocenters. The number of aromatic nitrogens is 1. The van der Waals surface area contributed by atoms with E-state index in [1.807, 2.05) is 6.92 Å². The van der Waals surface area contributed by atoms with E-state index in [1.165, 1.54) is 0 Å². The molecule has 2 aromatic rings. The lowest BCUT2D eigenvalue weighted by Crippen LogP contribution is -2.38. The second-order valence-electron chi connectivity index (χ2n) is 6.88. The van der Waals surface area contributed by atoms with Gasteiger partial charge in [0.15, 0.2) is 6.61 Å². The number of imide groups is 1. The number of esters is 1. The Morgan fingerprint density at radius 1 is 1.18 bits per heavy atom. The molecule has 0 bridgehead atoms. The third-order valence-corrected chi connectivity index (χ3v) is 5.37. The van der Waals surface area contributed by atoms with Crippen LogP contribution >= 0.6 is 11.8 Å². The summed E-state index contributed by atoms with van der Waals surface area (Å²) in [5.41, 5.74) is 1.45. The van der Waals surface area contributed by atoms with E-state index in [4.69, 9.17) is 9.47 Å². The molecule has 0 radical (unpaired) electrons. The molecule has 2 heterocycles. The fraction of sp³-hybridized carbons (Fsp3) is 0.261. The zero-order valence-corrected chi connectivity index (χ0v) is 18.8. The molecule has 1 N–H and O–H groups in total. The predicted molar refractivity (Wildman–Crippen MR) is 122 cm³/mol. The van der Waals surface area contributed by atoms with E-state index in [1.54, 1.807) is 54.9 Å². The van der Waals surface area contributed by atoms with Crippen molar-refractivity contribution in [2.75, 3.05) is 26.3 Å². The summed E-state index contributed by atoms with van der Waals surface area (Å²) in [6, 6.07) is 10.5. The first-order valence-electron chi connectivity index (χ1n) is 10.3. The average molecular weight is 470 g/mol. The molecule has 0 spiro atoms. The molecule has 3 amide bonds. The minimum Gasteiger partial charge on any atom is -0.494 e. The Kier molecular flexibility index (Phi) is 8.59. The molecule has 1 aliphatic heterocycles. The van der Waals surface area contributed by atoms with Crippen molar-refractivity contribution in [3.05, 3.63) is 64.8 Å². The average Bonchev–Trinajstić information content (AvgIpc) is 3.07. The zero-order valence-electron chi connectivity index (χ0n) is 18.0. The van der Waals surface area contributed by atoms with E-state index in [0.717, 1.165) is 22.2 Å². The smallest absolute Gasteiger partial charge is 0.310 e. The van der Waals surface area contributed by atoms with Crippen LogP contribution in [-0.4, -0.2) is 59.2 Å². The van der Waals surface area contributed by atoms with Crippen molar-refractivity contribution >= 4 is 40.9 Å². The van der Waals surface area contributed by atoms with Gasteiger partial charge in [0.2, 0.25) is 0 Å². The summed E-state index contributed by atoms with van der Waals surface area (Å²) in [5.74, 6) is -0.777. The largest absolute Gasteiger partial charge is 0.494 e. The molecular formula is C23H23N3O6S. The first kappa shape index (κ1) is 24.0. The second kappa shape index (κ2) is 11.8. The first-order chi connectivity index (χ1) is 16.0. The summed E-state index contributed by atoms with van der Waals surface area (Å²) in [6.45, 7) is 2.06. The van der Waals surface area contributed by atoms with Gasteiger partial charge in [0.1, 0.15) is 5.75 Å². The Hall–Kier alpha value is -3.66. The van der Waals surface area contributed by atoms with Gasteiger partial charge in [-0.2, -0.15) is 0 Å². The molecule has 1 aromatic carbocycles. The van der Waals surface area contributed by atoms with E-state index in [0.29, 0.717) is 22.8 Å². The number of amides is 3. The van der Waals surface area contributed by atoms with Gasteiger partial charge in [0.05, 0.1) is 17.9 Å². The van der Waals surface area contributed by atoms with Crippen molar-refractivity contribution in [1.29, 1.82) is 0 Å². The number of benzene rings is 1. The van der Waals surface area contributed by atoms with Crippen LogP contribution in [0.5, 0.6) is 5.75 Å². The van der Waals surface area contributed by atoms with Crippen molar-refractivity contribution in [1.82, 2.24) is 15.2 Å². The Balaban J connectivity index is 1.38. The number of thioether (sulfide) groups is 1. The van der Waals surface area contributed by atoms with Crippen LogP contribution in [0.4, 0.5) is 4.79 Å². The number of carbonyl (C=O) groups is 4. The second-order valence-corrected chi connectivity index (χ2v) is 7.88. The molecule has 1 saturated heterocycles. The van der Waals surface area contributed by atoms with E-state index in [2.05, 4.69) is 10.3 Å². The fourth-order valence-corrected chi connectivity index (χ4v) is 3.76. The van der Waals surface area contributed by atoms with Gasteiger partial charge >= 0.3 is 5.97 Å². The van der Waals surface area contributed by atoms with Crippen molar-refractivity contribution in [2.24, 2.45) is 0 Å². The lowest BCUT2D eigenvalue weighted by atomic mass is 10.1. The van der Waals surface area contributed by atoms with Crippen molar-refractivity contribution in [3.8, 4) is 5.75 Å². The Labute approximate surface area is 195 Å². The van der Waals surface area contributed by atoms with Crippen molar-refractivity contribution in [3.63, 3.8) is 0 Å². The molecule has 1 aromatic heterocycles. The van der Waals surface area contributed by atoms with Gasteiger partial charge < -0.3 is 14.8 Å². The quantitative estimate of drug-likeness (QED) is 0.417. The molecule has 1 fully saturated rings. The number of nitrogens with one attached hydrogen (secondary N) is 1. The molecule has 1 aliphatic rings. The highest BCUT2D eigenvalue weighted by Crippen LogP contribution is 2.31. The summed E-state index contributed by atoms with van der Waals surface area (Å²) in [4.78, 5) is 53.8. The number of hydrogen-bond acceptors (Lipinski definition) is 8. The molecular weight excluding hydrogens is 446 g/mol. The van der Waals surface area contributed by atoms with Crippen molar-refractivity contribution in [2.45, 2.75) is 13.3 Å². The minimum absolute atomic E-state index is 0.0148. The minimum atomic E-state index is -0.541. The third-order valence-electron chi connectivity index (χ3n) is 4.46. The van der Waals surface area contributed by atoms with Crippen LogP contribution in [0.1, 0.15) is 18.1 Å². The van der Waals surface area contributed by atoms with E-state index < -0.39 is 29.6 Å². The number of carbonyl (C=O) groups excluding carboxylic acids is 4. The molecule has 0 atom stereocenters. The summed E-state index contributed by atoms with van der Waals surface area (Å²) in [6.07, 6.45) is 4.83. The fourth-order valence-electron chi connectivity index (χ4n) is 2.90. The van der Waals surface area contributed by atoms with Crippen LogP contribution in [0.15, 0.2) is 53.7 Å². The van der Waals surface area contributed by atoms with Gasteiger partial charge in [-0.3, -0.25) is 29.1 Å². The Bertz CT molecular complexity index is 1040. The topological polar surface area (TPSA) is 115 Å². The van der Waals surface area contributed by atoms with Crippen LogP contribution in [0, 0.1) is 0 Å². The lowest BCUT2D eigenvalue weighted by molar-refractivity contribution is -0.147. The number of ether oxygens (including phenoxy) is 2. The standard InChI is InChI=1S/C23H23N3O6S/c1-2-31-18-7-5-16(6-8-18)13-21(28)32-15-20(27)25-10-11-26-22(29)19(33-23(26)30)12-17-4-3-9-24-14-17/h3-9,12,14H,2,10-11,13,15H2,1H3,(H,25,27)/b19-12-. The first-order valence-corrected chi connectivity index (χ1v) is 11.1. The molecule has 172 valence electrons. The number of hydrogen-bond donors (Lipinski definition) is 1. The van der Waals surface area contributed by atoms with Gasteiger partial charge in [-0.25, -0.2) is 0 Å². The summed E-state index contributed by atoms with van der Waals surface area (Å²) in [5, 5.41) is 2.13. The molecule has 33 heavy (non-hydrogen) atoms. The van der Waals surface area contributed by atoms with E-state index >= 15 is 0 Å². The number of rotatable bonds is 10. The highest BCUT2D eigenvalue weighted by atomic mass is 32.2. The summed E-state index contributed by atoms with van der Waals surface area (Å²) >= 11 is 0.835. The van der Waals surface area contributed by atoms with Gasteiger partial charge in [0.25, 0.3) is 17.1 Å². The lowest BCUT2D eigenvalue weighted by Gasteiger charge is -2.13. The molecule has 3 rings (SSSR count). The summed E-state index contributed by atoms with van der Waals surface area (Å²) in [7, 11) is 0. The van der Waals surface area contributed by atoms with Crippen LogP contribution in [0.25, 0.3) is 6.08 Å². The van der Waals surface area contributed by atoms with Crippen LogP contribution < -0.4 is 10.1 Å². The van der Waals surface area contributed by atoms with Crippen LogP contribution in [0.3, 0.4) is 0 Å². The van der Waals surface area contributed by atoms with Gasteiger partial charge in [0, 0.05) is 25.5 Å². The van der Waals surface area contributed by atoms with Gasteiger partial charge in [-0.05, 0) is 54.1 Å². The zero-order chi connectivity index (χ0) is 23.6. The molecule has 9 nitrogen and oxygen atoms in total. The number of nitrogens with zero attached hydrogens (tertiary/aromatic N) is 2. The normalized spacial score (nSPS) is 14.5. The maximum Gasteiger partial charge on any atom is 0.310 e. The van der Waals surface area contributed by atoms with Crippen LogP contribution in [0.2, 0.25) is 0 Å². The molecule has 0 saturated carbocycles. The van der Waals surface area contributed by atoms with Gasteiger partial charge in [-0.15, -0.1) is 0 Å². The maximum atomic E-state index is 12.4. The highest BCUT2D eigenvalue weighted by Gasteiger charge is 2.34. The monoisotopic (exact) mass is 469 g/mol. The molecule has 10 heteroatoms. The molecule has 0 aliphatic carbocycles. The Morgan fingerprint density at radius 3 is 2.67 bits per heavy atom.